The molecule has 0 aromatic rings. The van der Waals surface area contributed by atoms with Gasteiger partial charge in [-0.15, -0.1) is 0 Å². The van der Waals surface area contributed by atoms with Gasteiger partial charge in [0, 0.05) is 5.54 Å². The summed E-state index contributed by atoms with van der Waals surface area (Å²) in [5, 5.41) is 0. The van der Waals surface area contributed by atoms with Crippen LogP contribution in [0.2, 0.25) is 0 Å². The third-order valence-electron chi connectivity index (χ3n) is 3.15. The molecule has 1 heteroatoms. The molecule has 0 saturated carbocycles. The lowest BCUT2D eigenvalue weighted by molar-refractivity contribution is 0.271. The van der Waals surface area contributed by atoms with Gasteiger partial charge in [0.1, 0.15) is 0 Å². The monoisotopic (exact) mass is 193 g/mol. The molecule has 1 atom stereocenters. The lowest BCUT2D eigenvalue weighted by Crippen LogP contribution is -2.46. The SMILES string of the molecule is CCCC(N)(CCC)C1C=CC=CC1. The van der Waals surface area contributed by atoms with Crippen LogP contribution in [0.4, 0.5) is 0 Å². The zero-order valence-corrected chi connectivity index (χ0v) is 9.50. The predicted octanol–water partition coefficient (Wildman–Crippen LogP) is 3.42. The molecule has 0 spiro atoms. The molecule has 2 N–H and O–H groups in total. The first-order valence-electron chi connectivity index (χ1n) is 5.85. The van der Waals surface area contributed by atoms with Gasteiger partial charge in [-0.05, 0) is 25.2 Å². The van der Waals surface area contributed by atoms with Crippen LogP contribution in [0.25, 0.3) is 0 Å². The first-order valence-corrected chi connectivity index (χ1v) is 5.85. The molecule has 0 radical (unpaired) electrons. The molecule has 1 unspecified atom stereocenters. The molecule has 0 amide bonds. The summed E-state index contributed by atoms with van der Waals surface area (Å²) in [6, 6.07) is 0. The average Bonchev–Trinajstić information content (AvgIpc) is 2.20. The fraction of sp³-hybridized carbons (Fsp3) is 0.692. The molecule has 1 nitrogen and oxygen atoms in total. The Morgan fingerprint density at radius 1 is 1.21 bits per heavy atom. The maximum Gasteiger partial charge on any atom is 0.0220 e. The zero-order chi connectivity index (χ0) is 10.4. The minimum Gasteiger partial charge on any atom is -0.325 e. The Morgan fingerprint density at radius 2 is 1.86 bits per heavy atom. The van der Waals surface area contributed by atoms with Gasteiger partial charge in [0.05, 0.1) is 0 Å². The summed E-state index contributed by atoms with van der Waals surface area (Å²) < 4.78 is 0. The van der Waals surface area contributed by atoms with Crippen molar-refractivity contribution in [3.63, 3.8) is 0 Å². The van der Waals surface area contributed by atoms with Crippen LogP contribution in [0.3, 0.4) is 0 Å². The molecule has 0 bridgehead atoms. The number of hydrogen-bond acceptors (Lipinski definition) is 1. The molecule has 0 aromatic heterocycles. The van der Waals surface area contributed by atoms with E-state index >= 15 is 0 Å². The van der Waals surface area contributed by atoms with Crippen LogP contribution in [-0.2, 0) is 0 Å². The average molecular weight is 193 g/mol. The highest BCUT2D eigenvalue weighted by Crippen LogP contribution is 2.31. The van der Waals surface area contributed by atoms with Crippen LogP contribution >= 0.6 is 0 Å². The van der Waals surface area contributed by atoms with Crippen LogP contribution in [0, 0.1) is 5.92 Å². The summed E-state index contributed by atoms with van der Waals surface area (Å²) >= 11 is 0. The smallest absolute Gasteiger partial charge is 0.0220 e. The minimum atomic E-state index is 0.0325. The molecule has 0 aliphatic heterocycles. The first kappa shape index (κ1) is 11.5. The minimum absolute atomic E-state index is 0.0325. The molecule has 0 heterocycles. The normalized spacial score (nSPS) is 21.5. The lowest BCUT2D eigenvalue weighted by atomic mass is 9.75. The highest BCUT2D eigenvalue weighted by atomic mass is 14.8. The summed E-state index contributed by atoms with van der Waals surface area (Å²) in [6.07, 6.45) is 14.5. The maximum atomic E-state index is 6.51. The van der Waals surface area contributed by atoms with Gasteiger partial charge in [-0.2, -0.15) is 0 Å². The van der Waals surface area contributed by atoms with Crippen molar-refractivity contribution >= 4 is 0 Å². The number of rotatable bonds is 5. The quantitative estimate of drug-likeness (QED) is 0.711. The highest BCUT2D eigenvalue weighted by Gasteiger charge is 2.30. The Balaban J connectivity index is 2.65. The predicted molar refractivity (Wildman–Crippen MR) is 63.1 cm³/mol. The van der Waals surface area contributed by atoms with Gasteiger partial charge >= 0.3 is 0 Å². The maximum absolute atomic E-state index is 6.51. The van der Waals surface area contributed by atoms with Gasteiger partial charge in [-0.25, -0.2) is 0 Å². The summed E-state index contributed by atoms with van der Waals surface area (Å²) in [5.74, 6) is 0.549. The van der Waals surface area contributed by atoms with Gasteiger partial charge in [-0.3, -0.25) is 0 Å². The van der Waals surface area contributed by atoms with Gasteiger partial charge < -0.3 is 5.73 Å². The van der Waals surface area contributed by atoms with Crippen molar-refractivity contribution < 1.29 is 0 Å². The second-order valence-electron chi connectivity index (χ2n) is 4.39. The Labute approximate surface area is 88.1 Å². The van der Waals surface area contributed by atoms with Gasteiger partial charge in [0.25, 0.3) is 0 Å². The molecule has 80 valence electrons. The molecule has 1 aliphatic rings. The zero-order valence-electron chi connectivity index (χ0n) is 9.50. The lowest BCUT2D eigenvalue weighted by Gasteiger charge is -2.36. The first-order chi connectivity index (χ1) is 6.73. The van der Waals surface area contributed by atoms with Gasteiger partial charge in [0.2, 0.25) is 0 Å². The Morgan fingerprint density at radius 3 is 2.29 bits per heavy atom. The molecule has 0 fully saturated rings. The van der Waals surface area contributed by atoms with Crippen LogP contribution in [-0.4, -0.2) is 5.54 Å². The van der Waals surface area contributed by atoms with Crippen molar-refractivity contribution in [2.24, 2.45) is 11.7 Å². The van der Waals surface area contributed by atoms with E-state index in [2.05, 4.69) is 38.2 Å². The van der Waals surface area contributed by atoms with E-state index in [-0.39, 0.29) is 5.54 Å². The van der Waals surface area contributed by atoms with E-state index in [1.807, 2.05) is 0 Å². The van der Waals surface area contributed by atoms with Crippen LogP contribution in [0.1, 0.15) is 46.0 Å². The van der Waals surface area contributed by atoms with Crippen LogP contribution in [0.5, 0.6) is 0 Å². The fourth-order valence-electron chi connectivity index (χ4n) is 2.43. The van der Waals surface area contributed by atoms with E-state index < -0.39 is 0 Å². The Bertz CT molecular complexity index is 209. The number of hydrogen-bond donors (Lipinski definition) is 1. The standard InChI is InChI=1S/C13H23N/c1-3-10-13(14,11-4-2)12-8-6-5-7-9-12/h5-8,12H,3-4,9-11,14H2,1-2H3. The Kier molecular flexibility index (Phi) is 4.40. The van der Waals surface area contributed by atoms with Gasteiger partial charge in [0.15, 0.2) is 0 Å². The number of allylic oxidation sites excluding steroid dienone is 3. The van der Waals surface area contributed by atoms with E-state index in [1.165, 1.54) is 12.8 Å². The van der Waals surface area contributed by atoms with Crippen molar-refractivity contribution in [3.05, 3.63) is 24.3 Å². The largest absolute Gasteiger partial charge is 0.325 e. The summed E-state index contributed by atoms with van der Waals surface area (Å²) in [5.41, 5.74) is 6.54. The van der Waals surface area contributed by atoms with E-state index in [4.69, 9.17) is 5.73 Å². The topological polar surface area (TPSA) is 26.0 Å². The summed E-state index contributed by atoms with van der Waals surface area (Å²) in [7, 11) is 0. The van der Waals surface area contributed by atoms with Crippen molar-refractivity contribution in [1.82, 2.24) is 0 Å². The molecular formula is C13H23N. The second-order valence-corrected chi connectivity index (χ2v) is 4.39. The molecule has 14 heavy (non-hydrogen) atoms. The third kappa shape index (κ3) is 2.71. The van der Waals surface area contributed by atoms with E-state index in [9.17, 15) is 0 Å². The Hall–Kier alpha value is -0.560. The van der Waals surface area contributed by atoms with Crippen molar-refractivity contribution in [1.29, 1.82) is 0 Å². The molecule has 0 aromatic carbocycles. The van der Waals surface area contributed by atoms with Crippen molar-refractivity contribution in [2.75, 3.05) is 0 Å². The third-order valence-corrected chi connectivity index (χ3v) is 3.15. The molecular weight excluding hydrogens is 170 g/mol. The summed E-state index contributed by atoms with van der Waals surface area (Å²) in [4.78, 5) is 0. The van der Waals surface area contributed by atoms with Crippen molar-refractivity contribution in [3.8, 4) is 0 Å². The van der Waals surface area contributed by atoms with E-state index in [1.54, 1.807) is 0 Å². The molecule has 1 aliphatic carbocycles. The van der Waals surface area contributed by atoms with E-state index in [0.717, 1.165) is 19.3 Å². The van der Waals surface area contributed by atoms with Gasteiger partial charge in [-0.1, -0.05) is 51.0 Å². The number of nitrogens with two attached hydrogens (primary N) is 1. The van der Waals surface area contributed by atoms with Crippen molar-refractivity contribution in [2.45, 2.75) is 51.5 Å². The highest BCUT2D eigenvalue weighted by molar-refractivity contribution is 5.15. The van der Waals surface area contributed by atoms with Crippen LogP contribution in [0.15, 0.2) is 24.3 Å². The van der Waals surface area contributed by atoms with Crippen LogP contribution < -0.4 is 5.73 Å². The molecule has 1 rings (SSSR count). The van der Waals surface area contributed by atoms with E-state index in [0.29, 0.717) is 5.92 Å². The fourth-order valence-corrected chi connectivity index (χ4v) is 2.43. The second kappa shape index (κ2) is 5.35. The summed E-state index contributed by atoms with van der Waals surface area (Å²) in [6.45, 7) is 4.44. The molecule has 0 saturated heterocycles.